The number of carbonyl (C=O) groups excluding carboxylic acids is 1. The second kappa shape index (κ2) is 6.00. The molecule has 1 aromatic carbocycles. The van der Waals surface area contributed by atoms with Crippen molar-refractivity contribution in [2.75, 3.05) is 13.2 Å². The number of rotatable bonds is 3. The normalized spacial score (nSPS) is 37.0. The SMILES string of the molecule is CC1(C)O[C@H]2[C@@H](O1)[C@@]1(COC(C)(C)O1)O[C@@H]2COC(=O)c1ccccc1. The fourth-order valence-electron chi connectivity index (χ4n) is 3.68. The van der Waals surface area contributed by atoms with Crippen LogP contribution in [0.4, 0.5) is 0 Å². The number of benzene rings is 1. The monoisotopic (exact) mass is 364 g/mol. The summed E-state index contributed by atoms with van der Waals surface area (Å²) >= 11 is 0. The van der Waals surface area contributed by atoms with Crippen LogP contribution in [0.3, 0.4) is 0 Å². The van der Waals surface area contributed by atoms with Crippen molar-refractivity contribution >= 4 is 5.97 Å². The molecular weight excluding hydrogens is 340 g/mol. The minimum Gasteiger partial charge on any atom is -0.459 e. The first kappa shape index (κ1) is 17.9. The van der Waals surface area contributed by atoms with Gasteiger partial charge >= 0.3 is 5.97 Å². The van der Waals surface area contributed by atoms with E-state index in [0.717, 1.165) is 0 Å². The van der Waals surface area contributed by atoms with E-state index in [1.165, 1.54) is 0 Å². The van der Waals surface area contributed by atoms with E-state index < -0.39 is 41.6 Å². The third-order valence-corrected chi connectivity index (χ3v) is 4.71. The molecule has 1 spiro atoms. The highest BCUT2D eigenvalue weighted by atomic mass is 16.9. The Kier molecular flexibility index (Phi) is 4.13. The molecule has 4 atom stereocenters. The Balaban J connectivity index is 1.49. The molecule has 0 aromatic heterocycles. The van der Waals surface area contributed by atoms with Gasteiger partial charge in [0.05, 0.1) is 5.56 Å². The maximum Gasteiger partial charge on any atom is 0.338 e. The first-order valence-corrected chi connectivity index (χ1v) is 8.80. The molecule has 3 saturated heterocycles. The van der Waals surface area contributed by atoms with E-state index in [1.807, 2.05) is 33.8 Å². The molecule has 4 rings (SSSR count). The van der Waals surface area contributed by atoms with E-state index in [1.54, 1.807) is 24.3 Å². The smallest absolute Gasteiger partial charge is 0.338 e. The Hall–Kier alpha value is -1.51. The number of hydrogen-bond acceptors (Lipinski definition) is 7. The van der Waals surface area contributed by atoms with E-state index in [2.05, 4.69) is 0 Å². The third-order valence-electron chi connectivity index (χ3n) is 4.71. The summed E-state index contributed by atoms with van der Waals surface area (Å²) in [5, 5.41) is 0. The van der Waals surface area contributed by atoms with Crippen molar-refractivity contribution in [1.29, 1.82) is 0 Å². The number of fused-ring (bicyclic) bond motifs is 2. The van der Waals surface area contributed by atoms with Crippen molar-refractivity contribution in [3.8, 4) is 0 Å². The Morgan fingerprint density at radius 2 is 1.81 bits per heavy atom. The van der Waals surface area contributed by atoms with Crippen molar-refractivity contribution in [1.82, 2.24) is 0 Å². The average molecular weight is 364 g/mol. The fourth-order valence-corrected chi connectivity index (χ4v) is 3.68. The van der Waals surface area contributed by atoms with Crippen LogP contribution in [0.15, 0.2) is 30.3 Å². The first-order chi connectivity index (χ1) is 12.2. The van der Waals surface area contributed by atoms with Crippen LogP contribution in [0.1, 0.15) is 38.1 Å². The van der Waals surface area contributed by atoms with Gasteiger partial charge in [-0.2, -0.15) is 0 Å². The summed E-state index contributed by atoms with van der Waals surface area (Å²) in [6, 6.07) is 8.83. The standard InChI is InChI=1S/C19H24O7/c1-17(2)22-11-19(26-17)15-14(24-18(3,4)25-15)13(23-19)10-21-16(20)12-8-6-5-7-9-12/h5-9,13-15H,10-11H2,1-4H3/t13-,14-,15-,19+/m1/s1. The number of ether oxygens (including phenoxy) is 6. The van der Waals surface area contributed by atoms with Crippen molar-refractivity contribution in [3.63, 3.8) is 0 Å². The van der Waals surface area contributed by atoms with Crippen molar-refractivity contribution < 1.29 is 33.2 Å². The van der Waals surface area contributed by atoms with Gasteiger partial charge in [-0.05, 0) is 39.8 Å². The van der Waals surface area contributed by atoms with E-state index in [4.69, 9.17) is 28.4 Å². The lowest BCUT2D eigenvalue weighted by atomic mass is 10.1. The summed E-state index contributed by atoms with van der Waals surface area (Å²) in [6.45, 7) is 7.59. The van der Waals surface area contributed by atoms with Gasteiger partial charge in [0.15, 0.2) is 11.6 Å². The molecule has 1 aromatic rings. The molecule has 3 aliphatic heterocycles. The number of hydrogen-bond donors (Lipinski definition) is 0. The summed E-state index contributed by atoms with van der Waals surface area (Å²) in [7, 11) is 0. The van der Waals surface area contributed by atoms with Gasteiger partial charge in [0, 0.05) is 0 Å². The summed E-state index contributed by atoms with van der Waals surface area (Å²) in [6.07, 6.45) is -1.38. The van der Waals surface area contributed by atoms with Crippen LogP contribution in [-0.2, 0) is 28.4 Å². The molecule has 7 heteroatoms. The molecule has 0 unspecified atom stereocenters. The van der Waals surface area contributed by atoms with Gasteiger partial charge in [-0.3, -0.25) is 0 Å². The van der Waals surface area contributed by atoms with Crippen LogP contribution < -0.4 is 0 Å². The molecule has 3 heterocycles. The van der Waals surface area contributed by atoms with Crippen LogP contribution in [0, 0.1) is 0 Å². The van der Waals surface area contributed by atoms with Gasteiger partial charge < -0.3 is 28.4 Å². The number of carbonyl (C=O) groups is 1. The zero-order valence-electron chi connectivity index (χ0n) is 15.4. The maximum absolute atomic E-state index is 12.2. The lowest BCUT2D eigenvalue weighted by molar-refractivity contribution is -0.298. The molecule has 3 aliphatic rings. The van der Waals surface area contributed by atoms with E-state index in [-0.39, 0.29) is 13.2 Å². The molecule has 142 valence electrons. The molecule has 0 amide bonds. The zero-order valence-corrected chi connectivity index (χ0v) is 15.4. The summed E-state index contributed by atoms with van der Waals surface area (Å²) < 4.78 is 35.3. The largest absolute Gasteiger partial charge is 0.459 e. The lowest BCUT2D eigenvalue weighted by Crippen LogP contribution is -2.46. The van der Waals surface area contributed by atoms with Crippen LogP contribution in [-0.4, -0.2) is 54.9 Å². The quantitative estimate of drug-likeness (QED) is 0.762. The molecule has 0 N–H and O–H groups in total. The highest BCUT2D eigenvalue weighted by Crippen LogP contribution is 2.49. The van der Waals surface area contributed by atoms with Gasteiger partial charge in [-0.25, -0.2) is 4.79 Å². The number of esters is 1. The second-order valence-electron chi connectivity index (χ2n) is 7.74. The molecule has 0 radical (unpaired) electrons. The van der Waals surface area contributed by atoms with Crippen LogP contribution in [0.5, 0.6) is 0 Å². The highest BCUT2D eigenvalue weighted by Gasteiger charge is 2.67. The van der Waals surface area contributed by atoms with Gasteiger partial charge in [-0.1, -0.05) is 18.2 Å². The van der Waals surface area contributed by atoms with Crippen molar-refractivity contribution in [2.45, 2.75) is 63.4 Å². The average Bonchev–Trinajstić information content (AvgIpc) is 3.16. The molecular formula is C19H24O7. The highest BCUT2D eigenvalue weighted by molar-refractivity contribution is 5.89. The second-order valence-corrected chi connectivity index (χ2v) is 7.74. The Morgan fingerprint density at radius 1 is 1.08 bits per heavy atom. The van der Waals surface area contributed by atoms with Gasteiger partial charge in [-0.15, -0.1) is 0 Å². The zero-order chi connectivity index (χ0) is 18.6. The molecule has 3 fully saturated rings. The summed E-state index contributed by atoms with van der Waals surface area (Å²) in [4.78, 5) is 12.2. The van der Waals surface area contributed by atoms with Crippen LogP contribution in [0.2, 0.25) is 0 Å². The molecule has 0 bridgehead atoms. The van der Waals surface area contributed by atoms with Gasteiger partial charge in [0.1, 0.15) is 31.5 Å². The third kappa shape index (κ3) is 3.14. The van der Waals surface area contributed by atoms with Crippen molar-refractivity contribution in [2.24, 2.45) is 0 Å². The van der Waals surface area contributed by atoms with E-state index in [9.17, 15) is 4.79 Å². The molecule has 7 nitrogen and oxygen atoms in total. The summed E-state index contributed by atoms with van der Waals surface area (Å²) in [5.74, 6) is -3.03. The molecule has 0 saturated carbocycles. The Labute approximate surface area is 152 Å². The minimum absolute atomic E-state index is 0.0415. The topological polar surface area (TPSA) is 72.5 Å². The van der Waals surface area contributed by atoms with Gasteiger partial charge in [0.25, 0.3) is 0 Å². The Bertz CT molecular complexity index is 686. The van der Waals surface area contributed by atoms with E-state index in [0.29, 0.717) is 5.56 Å². The molecule has 26 heavy (non-hydrogen) atoms. The maximum atomic E-state index is 12.2. The predicted molar refractivity (Wildman–Crippen MR) is 89.3 cm³/mol. The lowest BCUT2D eigenvalue weighted by Gasteiger charge is -2.30. The van der Waals surface area contributed by atoms with Crippen LogP contribution in [0.25, 0.3) is 0 Å². The molecule has 0 aliphatic carbocycles. The predicted octanol–water partition coefficient (Wildman–Crippen LogP) is 2.24. The van der Waals surface area contributed by atoms with Crippen LogP contribution >= 0.6 is 0 Å². The van der Waals surface area contributed by atoms with Crippen molar-refractivity contribution in [3.05, 3.63) is 35.9 Å². The van der Waals surface area contributed by atoms with Gasteiger partial charge in [0.2, 0.25) is 5.79 Å². The van der Waals surface area contributed by atoms with E-state index >= 15 is 0 Å². The first-order valence-electron chi connectivity index (χ1n) is 8.80. The summed E-state index contributed by atoms with van der Waals surface area (Å²) in [5.41, 5.74) is 0.488. The minimum atomic E-state index is -1.06. The Morgan fingerprint density at radius 3 is 2.46 bits per heavy atom. The fraction of sp³-hybridized carbons (Fsp3) is 0.632.